The first-order valence-electron chi connectivity index (χ1n) is 7.81. The fourth-order valence-electron chi connectivity index (χ4n) is 3.56. The zero-order chi connectivity index (χ0) is 18.2. The van der Waals surface area contributed by atoms with Crippen LogP contribution in [0.25, 0.3) is 0 Å². The second-order valence-electron chi connectivity index (χ2n) is 6.31. The second-order valence-corrected chi connectivity index (χ2v) is 9.07. The molecule has 3 atom stereocenters. The third-order valence-electron chi connectivity index (χ3n) is 4.60. The Hall–Kier alpha value is -1.02. The van der Waals surface area contributed by atoms with Gasteiger partial charge in [-0.25, -0.2) is 0 Å². The molecule has 2 aliphatic rings. The quantitative estimate of drug-likeness (QED) is 0.334. The minimum atomic E-state index is -1.74. The fraction of sp³-hybridized carbons (Fsp3) is 0.533. The van der Waals surface area contributed by atoms with Crippen LogP contribution in [0.5, 0.6) is 0 Å². The van der Waals surface area contributed by atoms with Crippen molar-refractivity contribution < 1.29 is 4.79 Å². The Labute approximate surface area is 165 Å². The predicted molar refractivity (Wildman–Crippen MR) is 102 cm³/mol. The third-order valence-corrected chi connectivity index (χ3v) is 5.63. The maximum Gasteiger partial charge on any atom is 0.250 e. The van der Waals surface area contributed by atoms with E-state index in [1.807, 2.05) is 15.5 Å². The summed E-state index contributed by atoms with van der Waals surface area (Å²) < 4.78 is 0.112. The number of halogens is 3. The first-order valence-corrected chi connectivity index (χ1v) is 9.35. The van der Waals surface area contributed by atoms with Crippen LogP contribution >= 0.6 is 47.0 Å². The van der Waals surface area contributed by atoms with Gasteiger partial charge in [-0.2, -0.15) is 0 Å². The van der Waals surface area contributed by atoms with E-state index in [0.29, 0.717) is 37.1 Å². The van der Waals surface area contributed by atoms with Gasteiger partial charge >= 0.3 is 0 Å². The monoisotopic (exact) mass is 422 g/mol. The van der Waals surface area contributed by atoms with E-state index < -0.39 is 9.96 Å². The molecular weight excluding hydrogens is 407 g/mol. The second kappa shape index (κ2) is 7.31. The number of aromatic nitrogens is 1. The normalized spacial score (nSPS) is 23.4. The van der Waals surface area contributed by atoms with Gasteiger partial charge in [0.05, 0.1) is 0 Å². The molecule has 0 saturated carbocycles. The van der Waals surface area contributed by atoms with Crippen LogP contribution in [0.2, 0.25) is 0 Å². The Balaban J connectivity index is 1.75. The topological polar surface area (TPSA) is 66.4 Å². The molecule has 6 nitrogen and oxygen atoms in total. The highest BCUT2D eigenvalue weighted by Gasteiger charge is 2.38. The molecule has 1 amide bonds. The van der Waals surface area contributed by atoms with Crippen LogP contribution in [0.15, 0.2) is 23.0 Å². The number of amides is 1. The first kappa shape index (κ1) is 18.8. The number of rotatable bonds is 3. The Kier molecular flexibility index (Phi) is 5.48. The lowest BCUT2D eigenvalue weighted by Gasteiger charge is -2.44. The molecule has 1 fully saturated rings. The molecule has 2 aliphatic heterocycles. The number of carbonyl (C=O) groups is 1. The molecule has 1 aromatic heterocycles. The average molecular weight is 424 g/mol. The zero-order valence-corrected chi connectivity index (χ0v) is 16.2. The lowest BCUT2D eigenvalue weighted by atomic mass is 9.83. The number of nitrogens with one attached hydrogen (secondary N) is 2. The van der Waals surface area contributed by atoms with Gasteiger partial charge in [-0.3, -0.25) is 9.59 Å². The molecule has 136 valence electrons. The summed E-state index contributed by atoms with van der Waals surface area (Å²) in [7, 11) is 0. The van der Waals surface area contributed by atoms with Gasteiger partial charge in [0.15, 0.2) is 5.11 Å². The number of carbonyl (C=O) groups excluding carboxylic acids is 1. The Morgan fingerprint density at radius 2 is 2.08 bits per heavy atom. The van der Waals surface area contributed by atoms with Gasteiger partial charge in [-0.1, -0.05) is 40.9 Å². The van der Waals surface area contributed by atoms with E-state index in [-0.39, 0.29) is 11.5 Å². The standard InChI is InChI=1S/C15H17Cl3N4O2S/c16-15(17,18)13(19-8-23)20-14(25)21-5-9-4-10(7-21)11-2-1-3-12(24)22(11)6-9/h1-3,8-10,13H,4-7H2,(H,19,23)(H,20,25)/t9-,10-,13-/m1/s1. The van der Waals surface area contributed by atoms with Crippen molar-refractivity contribution in [2.75, 3.05) is 13.1 Å². The number of nitrogens with zero attached hydrogens (tertiary/aromatic N) is 2. The van der Waals surface area contributed by atoms with E-state index in [9.17, 15) is 9.59 Å². The van der Waals surface area contributed by atoms with E-state index in [2.05, 4.69) is 10.6 Å². The molecule has 2 bridgehead atoms. The maximum absolute atomic E-state index is 12.1. The fourth-order valence-corrected chi connectivity index (χ4v) is 4.18. The number of piperidine rings is 1. The lowest BCUT2D eigenvalue weighted by Crippen LogP contribution is -2.58. The number of likely N-dealkylation sites (tertiary alicyclic amines) is 1. The summed E-state index contributed by atoms with van der Waals surface area (Å²) in [6.45, 7) is 2.04. The zero-order valence-electron chi connectivity index (χ0n) is 13.1. The summed E-state index contributed by atoms with van der Waals surface area (Å²) in [6.07, 6.45) is 0.540. The molecule has 1 saturated heterocycles. The van der Waals surface area contributed by atoms with Crippen LogP contribution in [0, 0.1) is 5.92 Å². The van der Waals surface area contributed by atoms with Crippen LogP contribution < -0.4 is 16.2 Å². The van der Waals surface area contributed by atoms with Crippen LogP contribution in [0.1, 0.15) is 18.0 Å². The van der Waals surface area contributed by atoms with E-state index >= 15 is 0 Å². The number of alkyl halides is 3. The minimum Gasteiger partial charge on any atom is -0.348 e. The number of hydrogen-bond acceptors (Lipinski definition) is 3. The summed E-state index contributed by atoms with van der Waals surface area (Å²) in [5.74, 6) is 0.530. The number of fused-ring (bicyclic) bond motifs is 4. The summed E-state index contributed by atoms with van der Waals surface area (Å²) in [5.41, 5.74) is 1.06. The highest BCUT2D eigenvalue weighted by Crippen LogP contribution is 2.35. The van der Waals surface area contributed by atoms with Gasteiger partial charge in [-0.05, 0) is 30.6 Å². The van der Waals surface area contributed by atoms with Crippen LogP contribution in [0.4, 0.5) is 0 Å². The first-order chi connectivity index (χ1) is 11.8. The molecule has 3 rings (SSSR count). The van der Waals surface area contributed by atoms with Gasteiger partial charge in [0.2, 0.25) is 10.2 Å². The van der Waals surface area contributed by atoms with Crippen LogP contribution in [-0.2, 0) is 11.3 Å². The summed E-state index contributed by atoms with van der Waals surface area (Å²) in [5, 5.41) is 5.73. The van der Waals surface area contributed by atoms with Crippen molar-refractivity contribution >= 4 is 58.5 Å². The van der Waals surface area contributed by atoms with Gasteiger partial charge in [0.25, 0.3) is 5.56 Å². The van der Waals surface area contributed by atoms with Gasteiger partial charge in [0, 0.05) is 37.3 Å². The molecule has 3 heterocycles. The van der Waals surface area contributed by atoms with Gasteiger partial charge in [0.1, 0.15) is 6.17 Å². The van der Waals surface area contributed by atoms with Crippen molar-refractivity contribution in [3.8, 4) is 0 Å². The van der Waals surface area contributed by atoms with E-state index in [1.54, 1.807) is 12.1 Å². The Morgan fingerprint density at radius 1 is 1.32 bits per heavy atom. The van der Waals surface area contributed by atoms with Crippen molar-refractivity contribution in [3.63, 3.8) is 0 Å². The van der Waals surface area contributed by atoms with Crippen LogP contribution in [0.3, 0.4) is 0 Å². The van der Waals surface area contributed by atoms with E-state index in [4.69, 9.17) is 47.0 Å². The van der Waals surface area contributed by atoms with Crippen LogP contribution in [-0.4, -0.2) is 44.0 Å². The molecule has 0 radical (unpaired) electrons. The number of pyridine rings is 1. The lowest BCUT2D eigenvalue weighted by molar-refractivity contribution is -0.110. The molecule has 25 heavy (non-hydrogen) atoms. The number of hydrogen-bond donors (Lipinski definition) is 2. The minimum absolute atomic E-state index is 0.0350. The SMILES string of the molecule is O=CN[C@H](NC(=S)N1C[C@H]2C[C@H](C1)c1cccc(=O)n1C2)C(Cl)(Cl)Cl. The van der Waals surface area contributed by atoms with Crippen molar-refractivity contribution in [2.24, 2.45) is 5.92 Å². The van der Waals surface area contributed by atoms with Crippen molar-refractivity contribution in [1.29, 1.82) is 0 Å². The largest absolute Gasteiger partial charge is 0.348 e. The van der Waals surface area contributed by atoms with Crippen molar-refractivity contribution in [1.82, 2.24) is 20.1 Å². The average Bonchev–Trinajstić information content (AvgIpc) is 2.54. The molecule has 2 N–H and O–H groups in total. The Bertz CT molecular complexity index is 736. The maximum atomic E-state index is 12.1. The summed E-state index contributed by atoms with van der Waals surface area (Å²) in [6, 6.07) is 5.36. The molecule has 10 heteroatoms. The molecule has 0 unspecified atom stereocenters. The smallest absolute Gasteiger partial charge is 0.250 e. The molecule has 0 aliphatic carbocycles. The van der Waals surface area contributed by atoms with Gasteiger partial charge in [-0.15, -0.1) is 0 Å². The predicted octanol–water partition coefficient (Wildman–Crippen LogP) is 1.58. The van der Waals surface area contributed by atoms with Crippen molar-refractivity contribution in [3.05, 3.63) is 34.2 Å². The van der Waals surface area contributed by atoms with Crippen molar-refractivity contribution in [2.45, 2.75) is 28.8 Å². The molecular formula is C15H17Cl3N4O2S. The summed E-state index contributed by atoms with van der Waals surface area (Å²) >= 11 is 23.1. The highest BCUT2D eigenvalue weighted by atomic mass is 35.6. The molecule has 0 aromatic carbocycles. The van der Waals surface area contributed by atoms with E-state index in [1.165, 1.54) is 0 Å². The Morgan fingerprint density at radius 3 is 2.76 bits per heavy atom. The third kappa shape index (κ3) is 4.05. The van der Waals surface area contributed by atoms with E-state index in [0.717, 1.165) is 12.1 Å². The molecule has 1 aromatic rings. The molecule has 0 spiro atoms. The highest BCUT2D eigenvalue weighted by molar-refractivity contribution is 7.80. The summed E-state index contributed by atoms with van der Waals surface area (Å²) in [4.78, 5) is 24.8. The number of thiocarbonyl (C=S) groups is 1. The van der Waals surface area contributed by atoms with Gasteiger partial charge < -0.3 is 20.1 Å².